The largest absolute Gasteiger partial charge is 0.351 e. The number of fused-ring (bicyclic) bond motifs is 1. The van der Waals surface area contributed by atoms with Crippen molar-refractivity contribution < 1.29 is 8.42 Å². The van der Waals surface area contributed by atoms with Crippen molar-refractivity contribution in [1.82, 2.24) is 14.9 Å². The summed E-state index contributed by atoms with van der Waals surface area (Å²) in [5.41, 5.74) is 6.74. The molecule has 7 nitrogen and oxygen atoms in total. The Kier molecular flexibility index (Phi) is 6.56. The van der Waals surface area contributed by atoms with Crippen LogP contribution in [0.2, 0.25) is 0 Å². The third kappa shape index (κ3) is 4.71. The minimum absolute atomic E-state index is 0.189. The first-order valence-corrected chi connectivity index (χ1v) is 15.3. The summed E-state index contributed by atoms with van der Waals surface area (Å²) in [7, 11) is -3.38. The molecule has 5 aromatic rings. The van der Waals surface area contributed by atoms with Gasteiger partial charge in [0, 0.05) is 34.3 Å². The van der Waals surface area contributed by atoms with E-state index >= 15 is 0 Å². The van der Waals surface area contributed by atoms with Crippen LogP contribution in [0.4, 0.5) is 11.4 Å². The highest BCUT2D eigenvalue weighted by Gasteiger charge is 2.42. The lowest BCUT2D eigenvalue weighted by Gasteiger charge is -2.28. The lowest BCUT2D eigenvalue weighted by atomic mass is 9.96. The second kappa shape index (κ2) is 10.1. The van der Waals surface area contributed by atoms with E-state index in [1.54, 1.807) is 18.3 Å². The van der Waals surface area contributed by atoms with E-state index in [0.29, 0.717) is 10.8 Å². The first-order chi connectivity index (χ1) is 19.2. The topological polar surface area (TPSA) is 79.3 Å². The summed E-state index contributed by atoms with van der Waals surface area (Å²) < 4.78 is 28.3. The zero-order chi connectivity index (χ0) is 28.0. The van der Waals surface area contributed by atoms with E-state index in [1.807, 2.05) is 30.3 Å². The van der Waals surface area contributed by atoms with Crippen molar-refractivity contribution >= 4 is 49.5 Å². The monoisotopic (exact) mass is 567 g/mol. The van der Waals surface area contributed by atoms with Gasteiger partial charge >= 0.3 is 0 Å². The van der Waals surface area contributed by atoms with Gasteiger partial charge in [0.2, 0.25) is 10.0 Å². The van der Waals surface area contributed by atoms with Crippen molar-refractivity contribution in [2.45, 2.75) is 25.9 Å². The van der Waals surface area contributed by atoms with Crippen molar-refractivity contribution in [3.63, 3.8) is 0 Å². The molecule has 0 unspecified atom stereocenters. The van der Waals surface area contributed by atoms with Crippen LogP contribution >= 0.6 is 12.2 Å². The van der Waals surface area contributed by atoms with E-state index in [1.165, 1.54) is 10.8 Å². The Labute approximate surface area is 239 Å². The van der Waals surface area contributed by atoms with E-state index in [-0.39, 0.29) is 12.1 Å². The van der Waals surface area contributed by atoms with Crippen LogP contribution < -0.4 is 14.9 Å². The smallest absolute Gasteiger partial charge is 0.229 e. The molecule has 3 aromatic carbocycles. The zero-order valence-electron chi connectivity index (χ0n) is 22.4. The molecule has 2 atom stereocenters. The molecule has 1 aliphatic heterocycles. The number of rotatable bonds is 6. The van der Waals surface area contributed by atoms with Crippen LogP contribution in [-0.2, 0) is 10.0 Å². The quantitative estimate of drug-likeness (QED) is 0.238. The summed E-state index contributed by atoms with van der Waals surface area (Å²) in [5.74, 6) is 0. The summed E-state index contributed by atoms with van der Waals surface area (Å²) >= 11 is 5.91. The number of pyridine rings is 1. The third-order valence-corrected chi connectivity index (χ3v) is 8.26. The molecule has 3 heterocycles. The average Bonchev–Trinajstić information content (AvgIpc) is 3.43. The molecule has 6 rings (SSSR count). The average molecular weight is 568 g/mol. The van der Waals surface area contributed by atoms with Gasteiger partial charge in [-0.3, -0.25) is 9.71 Å². The molecular weight excluding hydrogens is 539 g/mol. The molecule has 0 saturated carbocycles. The van der Waals surface area contributed by atoms with E-state index < -0.39 is 10.0 Å². The first kappa shape index (κ1) is 26.0. The Morgan fingerprint density at radius 3 is 2.38 bits per heavy atom. The summed E-state index contributed by atoms with van der Waals surface area (Å²) in [4.78, 5) is 6.78. The molecule has 0 bridgehead atoms. The summed E-state index contributed by atoms with van der Waals surface area (Å²) in [6, 6.07) is 29.9. The molecule has 9 heteroatoms. The molecule has 0 amide bonds. The van der Waals surface area contributed by atoms with Gasteiger partial charge in [-0.2, -0.15) is 0 Å². The predicted octanol–water partition coefficient (Wildman–Crippen LogP) is 6.19. The van der Waals surface area contributed by atoms with E-state index in [0.717, 1.165) is 40.3 Å². The van der Waals surface area contributed by atoms with Gasteiger partial charge in [-0.1, -0.05) is 42.5 Å². The molecule has 202 valence electrons. The number of aryl methyl sites for hydroxylation is 1. The normalized spacial score (nSPS) is 17.3. The number of sulfonamides is 1. The SMILES string of the molecule is Cc1cc([C@@H]2[C@H](c3ccccn3)NC(=S)N2c2ccc(NS(C)(=O)=O)cc2)c(C)n1-c1cccc2ccccc12. The highest BCUT2D eigenvalue weighted by molar-refractivity contribution is 7.92. The number of anilines is 2. The van der Waals surface area contributed by atoms with Crippen LogP contribution in [0, 0.1) is 13.8 Å². The van der Waals surface area contributed by atoms with Crippen LogP contribution in [-0.4, -0.2) is 29.3 Å². The Balaban J connectivity index is 1.50. The number of thiocarbonyl (C=S) groups is 1. The standard InChI is InChI=1S/C31H29N5O2S2/c1-20-19-26(21(2)35(20)28-13-8-10-22-9-4-5-11-25(22)28)30-29(27-12-6-7-18-32-27)33-31(39)36(30)24-16-14-23(15-17-24)34-40(3,37)38/h4-19,29-30,34H,1-3H3,(H,33,39)/t29-,30+/m0/s1. The van der Waals surface area contributed by atoms with Crippen molar-refractivity contribution in [1.29, 1.82) is 0 Å². The Bertz CT molecular complexity index is 1830. The highest BCUT2D eigenvalue weighted by Crippen LogP contribution is 2.44. The lowest BCUT2D eigenvalue weighted by molar-refractivity contribution is 0.565. The maximum atomic E-state index is 11.7. The molecule has 1 aliphatic rings. The molecular formula is C31H29N5O2S2. The van der Waals surface area contributed by atoms with Crippen LogP contribution in [0.3, 0.4) is 0 Å². The molecule has 2 aromatic heterocycles. The van der Waals surface area contributed by atoms with Gasteiger partial charge in [-0.15, -0.1) is 0 Å². The van der Waals surface area contributed by atoms with Gasteiger partial charge in [-0.05, 0) is 85.5 Å². The third-order valence-electron chi connectivity index (χ3n) is 7.34. The number of aromatic nitrogens is 2. The van der Waals surface area contributed by atoms with Gasteiger partial charge in [-0.25, -0.2) is 8.42 Å². The highest BCUT2D eigenvalue weighted by atomic mass is 32.2. The van der Waals surface area contributed by atoms with Crippen molar-refractivity contribution in [3.8, 4) is 5.69 Å². The molecule has 40 heavy (non-hydrogen) atoms. The van der Waals surface area contributed by atoms with Crippen molar-refractivity contribution in [3.05, 3.63) is 120 Å². The van der Waals surface area contributed by atoms with E-state index in [4.69, 9.17) is 12.2 Å². The second-order valence-electron chi connectivity index (χ2n) is 10.1. The molecule has 1 saturated heterocycles. The fourth-order valence-electron chi connectivity index (χ4n) is 5.71. The van der Waals surface area contributed by atoms with E-state index in [2.05, 4.69) is 86.9 Å². The minimum atomic E-state index is -3.38. The summed E-state index contributed by atoms with van der Waals surface area (Å²) in [6.07, 6.45) is 2.93. The molecule has 2 N–H and O–H groups in total. The number of hydrogen-bond donors (Lipinski definition) is 2. The number of nitrogens with one attached hydrogen (secondary N) is 2. The maximum absolute atomic E-state index is 11.7. The zero-order valence-corrected chi connectivity index (χ0v) is 24.0. The van der Waals surface area contributed by atoms with Gasteiger partial charge in [0.1, 0.15) is 0 Å². The fraction of sp³-hybridized carbons (Fsp3) is 0.161. The van der Waals surface area contributed by atoms with Crippen LogP contribution in [0.25, 0.3) is 16.5 Å². The second-order valence-corrected chi connectivity index (χ2v) is 12.2. The van der Waals surface area contributed by atoms with E-state index in [9.17, 15) is 8.42 Å². The predicted molar refractivity (Wildman–Crippen MR) is 166 cm³/mol. The Morgan fingerprint density at radius 1 is 0.925 bits per heavy atom. The number of nitrogens with zero attached hydrogens (tertiary/aromatic N) is 3. The van der Waals surface area contributed by atoms with Gasteiger partial charge in [0.25, 0.3) is 0 Å². The Hall–Kier alpha value is -4.21. The fourth-order valence-corrected chi connectivity index (χ4v) is 6.62. The summed E-state index contributed by atoms with van der Waals surface area (Å²) in [6.45, 7) is 4.28. The lowest BCUT2D eigenvalue weighted by Crippen LogP contribution is -2.29. The van der Waals surface area contributed by atoms with Gasteiger partial charge in [0.05, 0.1) is 29.7 Å². The van der Waals surface area contributed by atoms with Crippen molar-refractivity contribution in [2.24, 2.45) is 0 Å². The summed E-state index contributed by atoms with van der Waals surface area (Å²) in [5, 5.41) is 6.48. The molecule has 0 radical (unpaired) electrons. The van der Waals surface area contributed by atoms with Crippen LogP contribution in [0.5, 0.6) is 0 Å². The maximum Gasteiger partial charge on any atom is 0.229 e. The molecule has 0 aliphatic carbocycles. The number of hydrogen-bond acceptors (Lipinski definition) is 4. The van der Waals surface area contributed by atoms with Gasteiger partial charge in [0.15, 0.2) is 5.11 Å². The number of benzene rings is 3. The minimum Gasteiger partial charge on any atom is -0.351 e. The van der Waals surface area contributed by atoms with Crippen molar-refractivity contribution in [2.75, 3.05) is 15.9 Å². The Morgan fingerprint density at radius 2 is 1.65 bits per heavy atom. The molecule has 0 spiro atoms. The van der Waals surface area contributed by atoms with Crippen LogP contribution in [0.15, 0.2) is 97.2 Å². The molecule has 1 fully saturated rings. The van der Waals surface area contributed by atoms with Crippen LogP contribution in [0.1, 0.15) is 34.7 Å². The first-order valence-electron chi connectivity index (χ1n) is 13.0. The van der Waals surface area contributed by atoms with Gasteiger partial charge < -0.3 is 14.8 Å².